The van der Waals surface area contributed by atoms with Gasteiger partial charge in [-0.1, -0.05) is 26.0 Å². The Labute approximate surface area is 157 Å². The van der Waals surface area contributed by atoms with Gasteiger partial charge in [-0.05, 0) is 31.2 Å². The average molecular weight is 378 g/mol. The molecular weight excluding hydrogens is 349 g/mol. The summed E-state index contributed by atoms with van der Waals surface area (Å²) < 4.78 is 0. The summed E-state index contributed by atoms with van der Waals surface area (Å²) in [5.74, 6) is 0.644. The van der Waals surface area contributed by atoms with E-state index in [1.54, 1.807) is 13.0 Å². The van der Waals surface area contributed by atoms with Crippen LogP contribution < -0.4 is 5.32 Å². The van der Waals surface area contributed by atoms with E-state index in [4.69, 9.17) is 0 Å². The van der Waals surface area contributed by atoms with Gasteiger partial charge in [0.15, 0.2) is 0 Å². The zero-order valence-corrected chi connectivity index (χ0v) is 16.3. The van der Waals surface area contributed by atoms with Gasteiger partial charge >= 0.3 is 0 Å². The highest BCUT2D eigenvalue weighted by Crippen LogP contribution is 2.31. The molecule has 7 heteroatoms. The number of hydrogen-bond acceptors (Lipinski definition) is 4. The van der Waals surface area contributed by atoms with Crippen LogP contribution in [-0.2, 0) is 0 Å². The van der Waals surface area contributed by atoms with Crippen LogP contribution in [0.1, 0.15) is 43.9 Å². The number of piperazine rings is 1. The third-order valence-corrected chi connectivity index (χ3v) is 4.42. The molecule has 2 rings (SSSR count). The molecule has 0 unspecified atom stereocenters. The fourth-order valence-corrected chi connectivity index (χ4v) is 3.08. The standard InChI is InChI=1S/C17H27N3O2.2ClH/c1-13(2)4-7-16(19-10-8-18-9-11-19)15-6-5-14(3)17(12-15)20(21)22;;/h5-6,12-13,16,18H,4,7-11H2,1-3H3;2*1H/t16-;;/m1../s1. The Bertz CT molecular complexity index is 521. The maximum Gasteiger partial charge on any atom is 0.272 e. The highest BCUT2D eigenvalue weighted by molar-refractivity contribution is 5.85. The molecule has 1 aliphatic rings. The van der Waals surface area contributed by atoms with Crippen molar-refractivity contribution in [1.82, 2.24) is 10.2 Å². The lowest BCUT2D eigenvalue weighted by molar-refractivity contribution is -0.385. The third-order valence-electron chi connectivity index (χ3n) is 4.42. The number of benzene rings is 1. The number of rotatable bonds is 6. The van der Waals surface area contributed by atoms with Gasteiger partial charge in [0.05, 0.1) is 4.92 Å². The lowest BCUT2D eigenvalue weighted by atomic mass is 9.94. The van der Waals surface area contributed by atoms with Crippen LogP contribution in [0, 0.1) is 23.0 Å². The molecule has 24 heavy (non-hydrogen) atoms. The Morgan fingerprint density at radius 3 is 2.38 bits per heavy atom. The number of nitro benzene ring substituents is 1. The van der Waals surface area contributed by atoms with Crippen molar-refractivity contribution < 1.29 is 4.92 Å². The van der Waals surface area contributed by atoms with Crippen molar-refractivity contribution in [2.24, 2.45) is 5.92 Å². The minimum absolute atomic E-state index is 0. The summed E-state index contributed by atoms with van der Waals surface area (Å²) in [6.07, 6.45) is 2.19. The van der Waals surface area contributed by atoms with E-state index in [0.717, 1.165) is 50.1 Å². The summed E-state index contributed by atoms with van der Waals surface area (Å²) in [6, 6.07) is 6.01. The van der Waals surface area contributed by atoms with Gasteiger partial charge in [-0.3, -0.25) is 15.0 Å². The molecular formula is C17H29Cl2N3O2. The van der Waals surface area contributed by atoms with E-state index in [0.29, 0.717) is 5.92 Å². The predicted molar refractivity (Wildman–Crippen MR) is 104 cm³/mol. The molecule has 0 radical (unpaired) electrons. The van der Waals surface area contributed by atoms with Gasteiger partial charge in [0.1, 0.15) is 0 Å². The average Bonchev–Trinajstić information content (AvgIpc) is 2.49. The van der Waals surface area contributed by atoms with E-state index in [2.05, 4.69) is 30.1 Å². The van der Waals surface area contributed by atoms with E-state index in [1.807, 2.05) is 6.07 Å². The highest BCUT2D eigenvalue weighted by Gasteiger charge is 2.24. The van der Waals surface area contributed by atoms with Crippen molar-refractivity contribution in [3.05, 3.63) is 39.4 Å². The second-order valence-electron chi connectivity index (χ2n) is 6.58. The van der Waals surface area contributed by atoms with Gasteiger partial charge in [0.25, 0.3) is 5.69 Å². The normalized spacial score (nSPS) is 16.2. The van der Waals surface area contributed by atoms with Gasteiger partial charge in [0, 0.05) is 43.9 Å². The smallest absolute Gasteiger partial charge is 0.272 e. The fourth-order valence-electron chi connectivity index (χ4n) is 3.08. The van der Waals surface area contributed by atoms with Crippen LogP contribution >= 0.6 is 24.8 Å². The number of nitro groups is 1. The van der Waals surface area contributed by atoms with Gasteiger partial charge in [-0.15, -0.1) is 24.8 Å². The summed E-state index contributed by atoms with van der Waals surface area (Å²) in [4.78, 5) is 13.4. The first kappa shape index (κ1) is 23.1. The number of aryl methyl sites for hydroxylation is 1. The van der Waals surface area contributed by atoms with Crippen LogP contribution in [0.4, 0.5) is 5.69 Å². The van der Waals surface area contributed by atoms with Crippen LogP contribution in [0.15, 0.2) is 18.2 Å². The fraction of sp³-hybridized carbons (Fsp3) is 0.647. The molecule has 1 saturated heterocycles. The molecule has 5 nitrogen and oxygen atoms in total. The Balaban J connectivity index is 0.00000264. The molecule has 1 atom stereocenters. The Morgan fingerprint density at radius 1 is 1.21 bits per heavy atom. The van der Waals surface area contributed by atoms with Gasteiger partial charge in [-0.2, -0.15) is 0 Å². The van der Waals surface area contributed by atoms with Crippen LogP contribution in [0.3, 0.4) is 0 Å². The lowest BCUT2D eigenvalue weighted by Gasteiger charge is -2.35. The van der Waals surface area contributed by atoms with Crippen molar-refractivity contribution in [3.8, 4) is 0 Å². The van der Waals surface area contributed by atoms with E-state index >= 15 is 0 Å². The van der Waals surface area contributed by atoms with Crippen molar-refractivity contribution in [2.75, 3.05) is 26.2 Å². The third kappa shape index (κ3) is 6.20. The highest BCUT2D eigenvalue weighted by atomic mass is 35.5. The molecule has 1 aliphatic heterocycles. The molecule has 0 bridgehead atoms. The summed E-state index contributed by atoms with van der Waals surface area (Å²) in [5.41, 5.74) is 2.05. The van der Waals surface area contributed by atoms with Crippen molar-refractivity contribution >= 4 is 30.5 Å². The molecule has 1 heterocycles. The van der Waals surface area contributed by atoms with E-state index in [9.17, 15) is 10.1 Å². The maximum absolute atomic E-state index is 11.2. The van der Waals surface area contributed by atoms with Crippen molar-refractivity contribution in [2.45, 2.75) is 39.7 Å². The first-order valence-electron chi connectivity index (χ1n) is 8.18. The molecule has 1 aromatic carbocycles. The van der Waals surface area contributed by atoms with Crippen LogP contribution in [0.5, 0.6) is 0 Å². The SMILES string of the molecule is Cc1ccc([C@@H](CCC(C)C)N2CCNCC2)cc1[N+](=O)[O-].Cl.Cl. The summed E-state index contributed by atoms with van der Waals surface area (Å²) in [6.45, 7) is 10.3. The van der Waals surface area contributed by atoms with Crippen molar-refractivity contribution in [3.63, 3.8) is 0 Å². The number of halogens is 2. The molecule has 0 saturated carbocycles. The Kier molecular flexibility index (Phi) is 10.5. The molecule has 0 amide bonds. The predicted octanol–water partition coefficient (Wildman–Crippen LogP) is 4.13. The van der Waals surface area contributed by atoms with Crippen molar-refractivity contribution in [1.29, 1.82) is 0 Å². The molecule has 0 aliphatic carbocycles. The summed E-state index contributed by atoms with van der Waals surface area (Å²) >= 11 is 0. The topological polar surface area (TPSA) is 58.4 Å². The quantitative estimate of drug-likeness (QED) is 0.597. The van der Waals surface area contributed by atoms with Crippen LogP contribution in [-0.4, -0.2) is 36.0 Å². The zero-order valence-electron chi connectivity index (χ0n) is 14.7. The first-order valence-corrected chi connectivity index (χ1v) is 8.18. The van der Waals surface area contributed by atoms with E-state index in [1.165, 1.54) is 0 Å². The minimum atomic E-state index is -0.268. The largest absolute Gasteiger partial charge is 0.314 e. The Hall–Kier alpha value is -0.880. The van der Waals surface area contributed by atoms with Gasteiger partial charge in [-0.25, -0.2) is 0 Å². The molecule has 1 fully saturated rings. The lowest BCUT2D eigenvalue weighted by Crippen LogP contribution is -2.45. The van der Waals surface area contributed by atoms with E-state index in [-0.39, 0.29) is 41.5 Å². The monoisotopic (exact) mass is 377 g/mol. The van der Waals surface area contributed by atoms with Crippen LogP contribution in [0.2, 0.25) is 0 Å². The molecule has 0 aromatic heterocycles. The molecule has 0 spiro atoms. The van der Waals surface area contributed by atoms with Gasteiger partial charge in [0.2, 0.25) is 0 Å². The molecule has 1 N–H and O–H groups in total. The van der Waals surface area contributed by atoms with E-state index < -0.39 is 0 Å². The number of hydrogen-bond donors (Lipinski definition) is 1. The second kappa shape index (κ2) is 10.9. The number of nitrogens with zero attached hydrogens (tertiary/aromatic N) is 2. The minimum Gasteiger partial charge on any atom is -0.314 e. The summed E-state index contributed by atoms with van der Waals surface area (Å²) in [5, 5.41) is 14.6. The maximum atomic E-state index is 11.2. The molecule has 138 valence electrons. The first-order chi connectivity index (χ1) is 10.5. The summed E-state index contributed by atoms with van der Waals surface area (Å²) in [7, 11) is 0. The van der Waals surface area contributed by atoms with Gasteiger partial charge < -0.3 is 5.32 Å². The van der Waals surface area contributed by atoms with Crippen LogP contribution in [0.25, 0.3) is 0 Å². The second-order valence-corrected chi connectivity index (χ2v) is 6.58. The molecule has 1 aromatic rings. The number of nitrogens with one attached hydrogen (secondary N) is 1. The zero-order chi connectivity index (χ0) is 16.1. The Morgan fingerprint density at radius 2 is 1.83 bits per heavy atom.